The van der Waals surface area contributed by atoms with Gasteiger partial charge in [0.2, 0.25) is 0 Å². The summed E-state index contributed by atoms with van der Waals surface area (Å²) < 4.78 is 50.5. The van der Waals surface area contributed by atoms with Gasteiger partial charge >= 0.3 is 6.18 Å². The van der Waals surface area contributed by atoms with Crippen LogP contribution in [0.4, 0.5) is 13.2 Å². The second-order valence-corrected chi connectivity index (χ2v) is 4.73. The average Bonchev–Trinajstić information content (AvgIpc) is 2.38. The normalized spacial score (nSPS) is 11.5. The van der Waals surface area contributed by atoms with E-state index in [2.05, 4.69) is 20.7 Å². The average molecular weight is 378 g/mol. The predicted octanol–water partition coefficient (Wildman–Crippen LogP) is 4.20. The molecule has 0 heterocycles. The molecule has 114 valence electrons. The van der Waals surface area contributed by atoms with Gasteiger partial charge in [0.05, 0.1) is 18.7 Å². The number of halogens is 5. The summed E-state index contributed by atoms with van der Waals surface area (Å²) in [7, 11) is 1.46. The fraction of sp³-hybridized carbons (Fsp3) is 0.500. The third kappa shape index (κ3) is 5.76. The van der Waals surface area contributed by atoms with Crippen LogP contribution in [-0.4, -0.2) is 33.1 Å². The molecule has 1 aromatic carbocycles. The van der Waals surface area contributed by atoms with Gasteiger partial charge in [-0.05, 0) is 17.7 Å². The first-order valence-electron chi connectivity index (χ1n) is 5.57. The standard InChI is InChI=1S/C12H13BrClF3O3/c1-18-10-5-8(6-13)4-9(14)11(10)20-3-2-19-7-12(15,16)17/h4-5H,2-3,6-7H2,1H3. The lowest BCUT2D eigenvalue weighted by molar-refractivity contribution is -0.175. The summed E-state index contributed by atoms with van der Waals surface area (Å²) in [4.78, 5) is 0. The van der Waals surface area contributed by atoms with Gasteiger partial charge in [0, 0.05) is 5.33 Å². The molecule has 0 radical (unpaired) electrons. The van der Waals surface area contributed by atoms with Crippen LogP contribution in [0.15, 0.2) is 12.1 Å². The number of rotatable bonds is 7. The summed E-state index contributed by atoms with van der Waals surface area (Å²) in [5.41, 5.74) is 0.896. The number of methoxy groups -OCH3 is 1. The van der Waals surface area contributed by atoms with Crippen LogP contribution in [0.3, 0.4) is 0 Å². The molecule has 8 heteroatoms. The Bertz CT molecular complexity index is 441. The molecule has 3 nitrogen and oxygen atoms in total. The summed E-state index contributed by atoms with van der Waals surface area (Å²) in [6.07, 6.45) is -4.34. The molecule has 0 aliphatic carbocycles. The molecule has 0 saturated carbocycles. The minimum absolute atomic E-state index is 0.0557. The molecule has 0 aliphatic heterocycles. The maximum atomic E-state index is 11.9. The van der Waals surface area contributed by atoms with E-state index in [4.69, 9.17) is 21.1 Å². The van der Waals surface area contributed by atoms with E-state index >= 15 is 0 Å². The molecule has 0 atom stereocenters. The molecule has 0 aliphatic rings. The third-order valence-electron chi connectivity index (χ3n) is 2.18. The minimum atomic E-state index is -4.34. The van der Waals surface area contributed by atoms with Crippen molar-refractivity contribution in [3.63, 3.8) is 0 Å². The summed E-state index contributed by atoms with van der Waals surface area (Å²) in [5.74, 6) is 0.706. The van der Waals surface area contributed by atoms with Crippen molar-refractivity contribution in [2.45, 2.75) is 11.5 Å². The minimum Gasteiger partial charge on any atom is -0.493 e. The van der Waals surface area contributed by atoms with Gasteiger partial charge < -0.3 is 14.2 Å². The zero-order chi connectivity index (χ0) is 15.2. The molecule has 1 rings (SSSR count). The van der Waals surface area contributed by atoms with E-state index in [0.29, 0.717) is 16.1 Å². The summed E-state index contributed by atoms with van der Waals surface area (Å²) in [5, 5.41) is 0.924. The topological polar surface area (TPSA) is 27.7 Å². The lowest BCUT2D eigenvalue weighted by atomic mass is 10.2. The van der Waals surface area contributed by atoms with Crippen molar-refractivity contribution in [1.29, 1.82) is 0 Å². The van der Waals surface area contributed by atoms with E-state index in [-0.39, 0.29) is 19.0 Å². The number of hydrogen-bond donors (Lipinski definition) is 0. The van der Waals surface area contributed by atoms with E-state index in [1.54, 1.807) is 12.1 Å². The van der Waals surface area contributed by atoms with Crippen molar-refractivity contribution >= 4 is 27.5 Å². The van der Waals surface area contributed by atoms with Crippen molar-refractivity contribution in [2.75, 3.05) is 26.9 Å². The van der Waals surface area contributed by atoms with E-state index < -0.39 is 12.8 Å². The highest BCUT2D eigenvalue weighted by Crippen LogP contribution is 2.36. The van der Waals surface area contributed by atoms with Crippen molar-refractivity contribution in [3.05, 3.63) is 22.7 Å². The molecule has 0 N–H and O–H groups in total. The monoisotopic (exact) mass is 376 g/mol. The smallest absolute Gasteiger partial charge is 0.411 e. The number of ether oxygens (including phenoxy) is 3. The van der Waals surface area contributed by atoms with Gasteiger partial charge in [0.25, 0.3) is 0 Å². The Labute approximate surface area is 128 Å². The zero-order valence-electron chi connectivity index (χ0n) is 10.6. The highest BCUT2D eigenvalue weighted by atomic mass is 79.9. The molecule has 0 bridgehead atoms. The Morgan fingerprint density at radius 1 is 1.25 bits per heavy atom. The third-order valence-corrected chi connectivity index (χ3v) is 3.11. The Morgan fingerprint density at radius 3 is 2.50 bits per heavy atom. The molecular weight excluding hydrogens is 364 g/mol. The van der Waals surface area contributed by atoms with Crippen LogP contribution >= 0.6 is 27.5 Å². The SMILES string of the molecule is COc1cc(CBr)cc(Cl)c1OCCOCC(F)(F)F. The first-order valence-corrected chi connectivity index (χ1v) is 7.07. The summed E-state index contributed by atoms with van der Waals surface area (Å²) >= 11 is 9.32. The molecule has 1 aromatic rings. The van der Waals surface area contributed by atoms with E-state index in [1.165, 1.54) is 7.11 Å². The quantitative estimate of drug-likeness (QED) is 0.526. The van der Waals surface area contributed by atoms with Crippen LogP contribution < -0.4 is 9.47 Å². The van der Waals surface area contributed by atoms with E-state index in [0.717, 1.165) is 5.56 Å². The molecule has 0 unspecified atom stereocenters. The Balaban J connectivity index is 2.55. The fourth-order valence-corrected chi connectivity index (χ4v) is 1.99. The van der Waals surface area contributed by atoms with Gasteiger partial charge in [-0.25, -0.2) is 0 Å². The van der Waals surface area contributed by atoms with Gasteiger partial charge in [0.1, 0.15) is 13.2 Å². The molecule has 0 saturated heterocycles. The second-order valence-electron chi connectivity index (χ2n) is 3.76. The van der Waals surface area contributed by atoms with Crippen LogP contribution in [0.1, 0.15) is 5.56 Å². The number of alkyl halides is 4. The predicted molar refractivity (Wildman–Crippen MR) is 73.0 cm³/mol. The lowest BCUT2D eigenvalue weighted by Gasteiger charge is -2.14. The van der Waals surface area contributed by atoms with Gasteiger partial charge in [-0.15, -0.1) is 0 Å². The van der Waals surface area contributed by atoms with Crippen LogP contribution in [0.5, 0.6) is 11.5 Å². The highest BCUT2D eigenvalue weighted by molar-refractivity contribution is 9.08. The van der Waals surface area contributed by atoms with Crippen molar-refractivity contribution in [2.24, 2.45) is 0 Å². The summed E-state index contributed by atoms with van der Waals surface area (Å²) in [6.45, 7) is -1.55. The molecule has 0 fully saturated rings. The van der Waals surface area contributed by atoms with Crippen molar-refractivity contribution in [3.8, 4) is 11.5 Å². The molecular formula is C12H13BrClF3O3. The van der Waals surface area contributed by atoms with Gasteiger partial charge in [-0.1, -0.05) is 27.5 Å². The van der Waals surface area contributed by atoms with E-state index in [9.17, 15) is 13.2 Å². The number of hydrogen-bond acceptors (Lipinski definition) is 3. The Hall–Kier alpha value is -0.660. The van der Waals surface area contributed by atoms with E-state index in [1.807, 2.05) is 0 Å². The molecule has 0 aromatic heterocycles. The first-order chi connectivity index (χ1) is 9.37. The molecule has 0 spiro atoms. The molecule has 20 heavy (non-hydrogen) atoms. The maximum Gasteiger partial charge on any atom is 0.411 e. The fourth-order valence-electron chi connectivity index (χ4n) is 1.38. The largest absolute Gasteiger partial charge is 0.493 e. The van der Waals surface area contributed by atoms with Crippen molar-refractivity contribution in [1.82, 2.24) is 0 Å². The van der Waals surface area contributed by atoms with Gasteiger partial charge in [-0.2, -0.15) is 13.2 Å². The van der Waals surface area contributed by atoms with Crippen LogP contribution in [0.2, 0.25) is 5.02 Å². The van der Waals surface area contributed by atoms with Gasteiger partial charge in [-0.3, -0.25) is 0 Å². The molecule has 0 amide bonds. The second kappa shape index (κ2) is 7.95. The zero-order valence-corrected chi connectivity index (χ0v) is 12.9. The van der Waals surface area contributed by atoms with Crippen LogP contribution in [-0.2, 0) is 10.1 Å². The maximum absolute atomic E-state index is 11.9. The van der Waals surface area contributed by atoms with Crippen LogP contribution in [0.25, 0.3) is 0 Å². The Morgan fingerprint density at radius 2 is 1.95 bits per heavy atom. The summed E-state index contributed by atoms with van der Waals surface area (Å²) in [6, 6.07) is 3.41. The Kier molecular flexibility index (Phi) is 6.91. The van der Waals surface area contributed by atoms with Gasteiger partial charge in [0.15, 0.2) is 11.5 Å². The number of benzene rings is 1. The van der Waals surface area contributed by atoms with Crippen molar-refractivity contribution < 1.29 is 27.4 Å². The van der Waals surface area contributed by atoms with Crippen LogP contribution in [0, 0.1) is 0 Å². The highest BCUT2D eigenvalue weighted by Gasteiger charge is 2.27. The first kappa shape index (κ1) is 17.4. The lowest BCUT2D eigenvalue weighted by Crippen LogP contribution is -2.19.